The normalized spacial score (nSPS) is 10.3. The Hall–Kier alpha value is -1.52. The fourth-order valence-electron chi connectivity index (χ4n) is 0.937. The first-order valence-corrected chi connectivity index (χ1v) is 6.09. The second-order valence-corrected chi connectivity index (χ2v) is 5.16. The Balaban J connectivity index is 2.25. The van der Waals surface area contributed by atoms with Crippen LogP contribution in [0.3, 0.4) is 0 Å². The van der Waals surface area contributed by atoms with Gasteiger partial charge < -0.3 is 4.74 Å². The molecule has 0 aliphatic rings. The summed E-state index contributed by atoms with van der Waals surface area (Å²) in [6.07, 6.45) is 0. The van der Waals surface area contributed by atoms with Crippen LogP contribution in [0.15, 0.2) is 9.50 Å². The Morgan fingerprint density at radius 1 is 1.29 bits per heavy atom. The fourth-order valence-corrected chi connectivity index (χ4v) is 2.60. The standard InChI is InChI=1S/C7H9N7OS2/c1-3-13-14-7(16-3)17-6-10-4(12-8)9-5(11-6)15-2/h8H2,1-2H3,(H,9,10,11,12). The highest BCUT2D eigenvalue weighted by atomic mass is 32.2. The smallest absolute Gasteiger partial charge is 0.322 e. The molecule has 17 heavy (non-hydrogen) atoms. The van der Waals surface area contributed by atoms with Gasteiger partial charge >= 0.3 is 6.01 Å². The van der Waals surface area contributed by atoms with Gasteiger partial charge in [0, 0.05) is 0 Å². The number of nitrogen functional groups attached to an aromatic ring is 1. The van der Waals surface area contributed by atoms with E-state index < -0.39 is 0 Å². The molecule has 0 aliphatic carbocycles. The van der Waals surface area contributed by atoms with E-state index in [0.29, 0.717) is 5.16 Å². The minimum absolute atomic E-state index is 0.191. The average molecular weight is 271 g/mol. The van der Waals surface area contributed by atoms with Crippen LogP contribution in [0.25, 0.3) is 0 Å². The predicted octanol–water partition coefficient (Wildman–Crippen LogP) is 0.477. The molecule has 8 nitrogen and oxygen atoms in total. The predicted molar refractivity (Wildman–Crippen MR) is 63.0 cm³/mol. The molecule has 0 fully saturated rings. The largest absolute Gasteiger partial charge is 0.467 e. The highest BCUT2D eigenvalue weighted by Crippen LogP contribution is 2.28. The molecule has 0 amide bonds. The summed E-state index contributed by atoms with van der Waals surface area (Å²) < 4.78 is 5.69. The van der Waals surface area contributed by atoms with E-state index in [2.05, 4.69) is 30.6 Å². The lowest BCUT2D eigenvalue weighted by Gasteiger charge is -2.03. The number of aryl methyl sites for hydroxylation is 1. The van der Waals surface area contributed by atoms with E-state index in [1.807, 2.05) is 6.92 Å². The second-order valence-electron chi connectivity index (χ2n) is 2.76. The van der Waals surface area contributed by atoms with Gasteiger partial charge in [-0.2, -0.15) is 15.0 Å². The van der Waals surface area contributed by atoms with Gasteiger partial charge in [-0.05, 0) is 18.7 Å². The third-order valence-electron chi connectivity index (χ3n) is 1.59. The van der Waals surface area contributed by atoms with Crippen LogP contribution < -0.4 is 16.0 Å². The zero-order valence-corrected chi connectivity index (χ0v) is 10.7. The van der Waals surface area contributed by atoms with E-state index >= 15 is 0 Å². The molecule has 0 spiro atoms. The number of hydrogen-bond donors (Lipinski definition) is 2. The molecule has 0 bridgehead atoms. The topological polar surface area (TPSA) is 112 Å². The monoisotopic (exact) mass is 271 g/mol. The number of nitrogens with one attached hydrogen (secondary N) is 1. The summed E-state index contributed by atoms with van der Waals surface area (Å²) in [5.41, 5.74) is 2.34. The molecule has 0 saturated carbocycles. The molecule has 0 aliphatic heterocycles. The summed E-state index contributed by atoms with van der Waals surface area (Å²) in [6, 6.07) is 0.191. The van der Waals surface area contributed by atoms with Gasteiger partial charge in [0.15, 0.2) is 4.34 Å². The van der Waals surface area contributed by atoms with Crippen LogP contribution in [0.1, 0.15) is 5.01 Å². The molecule has 0 radical (unpaired) electrons. The summed E-state index contributed by atoms with van der Waals surface area (Å²) in [4.78, 5) is 12.0. The van der Waals surface area contributed by atoms with Crippen LogP contribution >= 0.6 is 23.1 Å². The average Bonchev–Trinajstić information content (AvgIpc) is 2.74. The van der Waals surface area contributed by atoms with Gasteiger partial charge in [-0.15, -0.1) is 10.2 Å². The van der Waals surface area contributed by atoms with Crippen molar-refractivity contribution in [1.82, 2.24) is 25.1 Å². The zero-order chi connectivity index (χ0) is 12.3. The number of nitrogens with two attached hydrogens (primary N) is 1. The van der Waals surface area contributed by atoms with Crippen molar-refractivity contribution in [3.05, 3.63) is 5.01 Å². The van der Waals surface area contributed by atoms with Crippen LogP contribution in [0.4, 0.5) is 5.95 Å². The third-order valence-corrected chi connectivity index (χ3v) is 3.35. The first kappa shape index (κ1) is 12.0. The molecule has 0 saturated heterocycles. The van der Waals surface area contributed by atoms with Crippen molar-refractivity contribution in [2.24, 2.45) is 5.84 Å². The second kappa shape index (κ2) is 5.21. The lowest BCUT2D eigenvalue weighted by Crippen LogP contribution is -2.12. The maximum Gasteiger partial charge on any atom is 0.322 e. The van der Waals surface area contributed by atoms with Crippen LogP contribution in [-0.2, 0) is 0 Å². The molecule has 3 N–H and O–H groups in total. The molecule has 2 aromatic heterocycles. The van der Waals surface area contributed by atoms with Crippen molar-refractivity contribution >= 4 is 29.0 Å². The van der Waals surface area contributed by atoms with Gasteiger partial charge in [-0.3, -0.25) is 5.43 Å². The maximum absolute atomic E-state index is 5.25. The Morgan fingerprint density at radius 2 is 2.12 bits per heavy atom. The summed E-state index contributed by atoms with van der Waals surface area (Å²) >= 11 is 2.73. The lowest BCUT2D eigenvalue weighted by molar-refractivity contribution is 0.373. The van der Waals surface area contributed by atoms with Crippen LogP contribution in [0, 0.1) is 6.92 Å². The number of hydrazine groups is 1. The number of aromatic nitrogens is 5. The number of nitrogens with zero attached hydrogens (tertiary/aromatic N) is 5. The quantitative estimate of drug-likeness (QED) is 0.605. The third kappa shape index (κ3) is 2.99. The van der Waals surface area contributed by atoms with E-state index in [9.17, 15) is 0 Å². The van der Waals surface area contributed by atoms with Gasteiger partial charge in [0.2, 0.25) is 11.1 Å². The number of rotatable bonds is 4. The highest BCUT2D eigenvalue weighted by molar-refractivity contribution is 8.00. The molecular weight excluding hydrogens is 262 g/mol. The van der Waals surface area contributed by atoms with Crippen LogP contribution in [0.5, 0.6) is 6.01 Å². The molecule has 2 heterocycles. The Morgan fingerprint density at radius 3 is 2.71 bits per heavy atom. The molecule has 0 aromatic carbocycles. The number of ether oxygens (including phenoxy) is 1. The van der Waals surface area contributed by atoms with E-state index in [1.165, 1.54) is 30.2 Å². The number of methoxy groups -OCH3 is 1. The van der Waals surface area contributed by atoms with Gasteiger partial charge in [0.1, 0.15) is 5.01 Å². The van der Waals surface area contributed by atoms with Gasteiger partial charge in [0.05, 0.1) is 7.11 Å². The summed E-state index contributed by atoms with van der Waals surface area (Å²) in [5, 5.41) is 9.19. The Bertz CT molecular complexity index is 494. The lowest BCUT2D eigenvalue weighted by atomic mass is 10.9. The van der Waals surface area contributed by atoms with Gasteiger partial charge in [-0.25, -0.2) is 5.84 Å². The molecular formula is C7H9N7OS2. The summed E-state index contributed by atoms with van der Waals surface area (Å²) in [7, 11) is 1.47. The van der Waals surface area contributed by atoms with E-state index in [4.69, 9.17) is 10.6 Å². The summed E-state index contributed by atoms with van der Waals surface area (Å²) in [6.45, 7) is 1.88. The first-order chi connectivity index (χ1) is 8.21. The molecule has 0 atom stereocenters. The van der Waals surface area contributed by atoms with Gasteiger partial charge in [-0.1, -0.05) is 11.3 Å². The van der Waals surface area contributed by atoms with E-state index in [1.54, 1.807) is 0 Å². The Kier molecular flexibility index (Phi) is 3.66. The fraction of sp³-hybridized carbons (Fsp3) is 0.286. The molecule has 0 unspecified atom stereocenters. The van der Waals surface area contributed by atoms with Gasteiger partial charge in [0.25, 0.3) is 0 Å². The van der Waals surface area contributed by atoms with Crippen molar-refractivity contribution in [1.29, 1.82) is 0 Å². The Labute approximate surface area is 105 Å². The minimum atomic E-state index is 0.191. The number of hydrogen-bond acceptors (Lipinski definition) is 10. The maximum atomic E-state index is 5.25. The highest BCUT2D eigenvalue weighted by Gasteiger charge is 2.10. The number of anilines is 1. The first-order valence-electron chi connectivity index (χ1n) is 4.46. The van der Waals surface area contributed by atoms with E-state index in [-0.39, 0.29) is 12.0 Å². The molecule has 2 rings (SSSR count). The van der Waals surface area contributed by atoms with Crippen molar-refractivity contribution < 1.29 is 4.74 Å². The van der Waals surface area contributed by atoms with Crippen molar-refractivity contribution in [3.63, 3.8) is 0 Å². The molecule has 2 aromatic rings. The minimum Gasteiger partial charge on any atom is -0.467 e. The molecule has 90 valence electrons. The van der Waals surface area contributed by atoms with Crippen LogP contribution in [0.2, 0.25) is 0 Å². The summed E-state index contributed by atoms with van der Waals surface area (Å²) in [5.74, 6) is 5.48. The van der Waals surface area contributed by atoms with Crippen molar-refractivity contribution in [2.75, 3.05) is 12.5 Å². The van der Waals surface area contributed by atoms with E-state index in [0.717, 1.165) is 9.35 Å². The van der Waals surface area contributed by atoms with Crippen LogP contribution in [-0.4, -0.2) is 32.3 Å². The molecule has 10 heteroatoms. The van der Waals surface area contributed by atoms with Crippen molar-refractivity contribution in [2.45, 2.75) is 16.4 Å². The zero-order valence-electron chi connectivity index (χ0n) is 9.04. The SMILES string of the molecule is COc1nc(NN)nc(Sc2nnc(C)s2)n1. The van der Waals surface area contributed by atoms with Crippen molar-refractivity contribution in [3.8, 4) is 6.01 Å².